The van der Waals surface area contributed by atoms with Crippen molar-refractivity contribution < 1.29 is 13.2 Å². The van der Waals surface area contributed by atoms with Crippen LogP contribution < -0.4 is 0 Å². The Kier molecular flexibility index (Phi) is 28.3. The molecule has 9 heterocycles. The molecule has 5 aliphatic rings. The summed E-state index contributed by atoms with van der Waals surface area (Å²) in [5, 5.41) is 17.9. The molecular weight excluding hydrogens is 1250 g/mol. The zero-order valence-electron chi connectivity index (χ0n) is 50.7. The van der Waals surface area contributed by atoms with Gasteiger partial charge in [0.2, 0.25) is 0 Å². The van der Waals surface area contributed by atoms with E-state index in [2.05, 4.69) is 173 Å². The van der Waals surface area contributed by atoms with Crippen LogP contribution in [-0.2, 0) is 22.4 Å². The van der Waals surface area contributed by atoms with Crippen LogP contribution in [-0.4, -0.2) is 39.4 Å². The average molecular weight is 1340 g/mol. The minimum atomic E-state index is -4.28. The van der Waals surface area contributed by atoms with Crippen molar-refractivity contribution in [3.05, 3.63) is 178 Å². The lowest BCUT2D eigenvalue weighted by Crippen LogP contribution is -2.08. The highest BCUT2D eigenvalue weighted by Gasteiger charge is 2.44. The van der Waals surface area contributed by atoms with E-state index in [1.807, 2.05) is 31.3 Å². The second-order valence-corrected chi connectivity index (χ2v) is 29.4. The molecule has 0 saturated heterocycles. The molecule has 0 spiro atoms. The van der Waals surface area contributed by atoms with E-state index in [0.29, 0.717) is 10.8 Å². The number of rotatable bonds is 7. The van der Waals surface area contributed by atoms with Crippen LogP contribution in [0.3, 0.4) is 0 Å². The van der Waals surface area contributed by atoms with Gasteiger partial charge in [-0.2, -0.15) is 48.2 Å². The normalized spacial score (nSPS) is 16.4. The molecule has 5 fully saturated rings. The average Bonchev–Trinajstić information content (AvgIpc) is 2.39. The van der Waals surface area contributed by atoms with Gasteiger partial charge in [-0.1, -0.05) is 103 Å². The van der Waals surface area contributed by atoms with Gasteiger partial charge in [0, 0.05) is 88.8 Å². The highest BCUT2D eigenvalue weighted by Crippen LogP contribution is 2.50. The molecule has 0 radical (unpaired) electrons. The SMILES string of the molecule is CC(C)(C)c1cnsc1.CC1(c2ccsn2)CC1.CCC1(c2ccsn2)CC1.Cc1csnc1-c1ccccc1.Cc1csnc1C.FC(F)(F)c1ccsn1.c1cc(C2CCC2)ns1.c1cc(C2CCCC2)ns1.c1cc(C2CCCCC2)ns1. The number of hydrogen-bond donors (Lipinski definition) is 0. The molecule has 0 bridgehead atoms. The summed E-state index contributed by atoms with van der Waals surface area (Å²) in [5.41, 5.74) is 14.4. The Labute approximate surface area is 545 Å². The Balaban J connectivity index is 0.000000139. The van der Waals surface area contributed by atoms with Gasteiger partial charge in [0.15, 0.2) is 5.69 Å². The van der Waals surface area contributed by atoms with Gasteiger partial charge in [-0.05, 0) is 254 Å². The topological polar surface area (TPSA) is 116 Å². The van der Waals surface area contributed by atoms with Crippen molar-refractivity contribution in [3.63, 3.8) is 0 Å². The molecule has 0 atom stereocenters. The lowest BCUT2D eigenvalue weighted by atomic mass is 9.83. The lowest BCUT2D eigenvalue weighted by Gasteiger charge is -2.22. The van der Waals surface area contributed by atoms with Crippen LogP contribution in [0.15, 0.2) is 121 Å². The third kappa shape index (κ3) is 22.9. The highest BCUT2D eigenvalue weighted by atomic mass is 32.1. The molecule has 9 aromatic heterocycles. The first kappa shape index (κ1) is 69.2. The zero-order valence-corrected chi connectivity index (χ0v) is 58.1. The van der Waals surface area contributed by atoms with E-state index in [4.69, 9.17) is 0 Å². The summed E-state index contributed by atoms with van der Waals surface area (Å²) in [6.45, 7) is 17.3. The van der Waals surface area contributed by atoms with Gasteiger partial charge in [-0.25, -0.2) is 4.37 Å². The first-order valence-corrected chi connectivity index (χ1v) is 37.2. The van der Waals surface area contributed by atoms with Gasteiger partial charge in [0.1, 0.15) is 0 Å². The van der Waals surface area contributed by atoms with Gasteiger partial charge in [0.05, 0.1) is 39.9 Å². The van der Waals surface area contributed by atoms with Gasteiger partial charge in [-0.15, -0.1) is 0 Å². The Morgan fingerprint density at radius 1 is 0.477 bits per heavy atom. The molecule has 15 rings (SSSR count). The maximum atomic E-state index is 11.6. The predicted molar refractivity (Wildman–Crippen MR) is 364 cm³/mol. The second-order valence-electron chi connectivity index (χ2n) is 23.5. The van der Waals surface area contributed by atoms with E-state index < -0.39 is 11.9 Å². The summed E-state index contributed by atoms with van der Waals surface area (Å²) in [4.78, 5) is 0. The summed E-state index contributed by atoms with van der Waals surface area (Å²) in [6.07, 6.45) is 20.9. The minimum absolute atomic E-state index is 0.271. The number of aromatic nitrogens is 9. The molecule has 5 saturated carbocycles. The van der Waals surface area contributed by atoms with Crippen LogP contribution >= 0.6 is 104 Å². The Hall–Kier alpha value is -4.32. The Morgan fingerprint density at radius 3 is 1.27 bits per heavy atom. The fourth-order valence-electron chi connectivity index (χ4n) is 9.45. The van der Waals surface area contributed by atoms with E-state index in [1.54, 1.807) is 57.7 Å². The van der Waals surface area contributed by atoms with Crippen molar-refractivity contribution in [1.29, 1.82) is 0 Å². The van der Waals surface area contributed by atoms with Crippen LogP contribution in [0.4, 0.5) is 13.2 Å². The first-order chi connectivity index (χ1) is 41.5. The van der Waals surface area contributed by atoms with Crippen molar-refractivity contribution >= 4 is 104 Å². The summed E-state index contributed by atoms with van der Waals surface area (Å²) >= 11 is 13.2. The summed E-state index contributed by atoms with van der Waals surface area (Å²) in [5.74, 6) is 2.40. The molecule has 0 amide bonds. The molecule has 1 aromatic carbocycles. The molecule has 86 heavy (non-hydrogen) atoms. The van der Waals surface area contributed by atoms with Crippen molar-refractivity contribution in [2.45, 2.75) is 205 Å². The van der Waals surface area contributed by atoms with Gasteiger partial charge < -0.3 is 0 Å². The van der Waals surface area contributed by atoms with Crippen LogP contribution in [0.5, 0.6) is 0 Å². The predicted octanol–water partition coefficient (Wildman–Crippen LogP) is 22.7. The molecule has 462 valence electrons. The minimum Gasteiger partial charge on any atom is -0.201 e. The van der Waals surface area contributed by atoms with Crippen LogP contribution in [0, 0.1) is 20.8 Å². The number of nitrogens with zero attached hydrogens (tertiary/aromatic N) is 9. The number of benzene rings is 1. The molecule has 0 aliphatic heterocycles. The number of aryl methyl sites for hydroxylation is 3. The quantitative estimate of drug-likeness (QED) is 0.154. The van der Waals surface area contributed by atoms with Gasteiger partial charge >= 0.3 is 6.18 Å². The van der Waals surface area contributed by atoms with Crippen molar-refractivity contribution in [2.24, 2.45) is 0 Å². The van der Waals surface area contributed by atoms with Crippen molar-refractivity contribution in [2.75, 3.05) is 0 Å². The number of halogens is 3. The lowest BCUT2D eigenvalue weighted by molar-refractivity contribution is -0.140. The van der Waals surface area contributed by atoms with Crippen molar-refractivity contribution in [3.8, 4) is 11.3 Å². The fraction of sp³-hybridized carbons (Fsp3) is 0.492. The van der Waals surface area contributed by atoms with Crippen molar-refractivity contribution in [1.82, 2.24) is 39.4 Å². The second kappa shape index (κ2) is 35.2. The monoisotopic (exact) mass is 1330 g/mol. The maximum Gasteiger partial charge on any atom is 0.434 e. The number of hydrogen-bond acceptors (Lipinski definition) is 18. The zero-order chi connectivity index (χ0) is 61.3. The molecule has 21 heteroatoms. The molecule has 10 aromatic rings. The number of alkyl halides is 3. The molecule has 5 aliphatic carbocycles. The molecular formula is C65H82F3N9S9. The van der Waals surface area contributed by atoms with E-state index in [0.717, 1.165) is 46.7 Å². The van der Waals surface area contributed by atoms with Crippen LogP contribution in [0.1, 0.15) is 218 Å². The smallest absolute Gasteiger partial charge is 0.201 e. The largest absolute Gasteiger partial charge is 0.434 e. The first-order valence-electron chi connectivity index (χ1n) is 29.7. The Bertz CT molecular complexity index is 3130. The maximum absolute atomic E-state index is 11.6. The van der Waals surface area contributed by atoms with Crippen LogP contribution in [0.25, 0.3) is 11.3 Å². The fourth-order valence-corrected chi connectivity index (χ4v) is 15.1. The third-order valence-electron chi connectivity index (χ3n) is 16.1. The molecule has 0 unspecified atom stereocenters. The summed E-state index contributed by atoms with van der Waals surface area (Å²) in [6, 6.07) is 22.0. The van der Waals surface area contributed by atoms with E-state index >= 15 is 0 Å². The van der Waals surface area contributed by atoms with Crippen LogP contribution in [0.2, 0.25) is 0 Å². The molecule has 9 nitrogen and oxygen atoms in total. The van der Waals surface area contributed by atoms with E-state index in [1.165, 1.54) is 200 Å². The van der Waals surface area contributed by atoms with E-state index in [-0.39, 0.29) is 5.41 Å². The third-order valence-corrected chi connectivity index (χ3v) is 21.6. The standard InChI is InChI=1S/C10H9NS.C9H13NS.2C8H11NS.2C7H9NS.C7H11NS.C5H7NS.C4H2F3NS/c1-8-7-12-11-10(8)9-5-3-2-4-6-9;1-2-4-8(5-3-1)9-6-7-11-10-9;1-2-8(4-5-8)7-3-6-10-9-7;1-2-4-7(3-1)8-5-6-10-9-8;1-7(3-4-7)6-2-5-9-8-6;1-2-6(3-1)7-4-5-9-8-7;1-7(2,3)6-4-8-9-5-6;1-4-3-7-6-5(4)2;5-4(6,7)3-1-2-9-8-3/h2-7H,1H3;6-8H,1-5H2;3,6H,2,4-5H2,1H3;5-7H,1-4H2;2,5H,3-4H2,1H3;4-6H,1-3H2;4-5H,1-3H3;3H,1-2H3;1-2H. The van der Waals surface area contributed by atoms with Gasteiger partial charge in [-0.3, -0.25) is 0 Å². The summed E-state index contributed by atoms with van der Waals surface area (Å²) in [7, 11) is 0. The summed E-state index contributed by atoms with van der Waals surface area (Å²) < 4.78 is 71.9. The molecule has 0 N–H and O–H groups in total. The Morgan fingerprint density at radius 2 is 0.953 bits per heavy atom. The van der Waals surface area contributed by atoms with E-state index in [9.17, 15) is 13.2 Å². The van der Waals surface area contributed by atoms with Gasteiger partial charge in [0.25, 0.3) is 0 Å². The highest BCUT2D eigenvalue weighted by molar-refractivity contribution is 7.05.